The van der Waals surface area contributed by atoms with Crippen molar-refractivity contribution in [3.8, 4) is 5.75 Å². The van der Waals surface area contributed by atoms with E-state index in [1.54, 1.807) is 10.9 Å². The summed E-state index contributed by atoms with van der Waals surface area (Å²) in [6.07, 6.45) is 4.77. The van der Waals surface area contributed by atoms with Gasteiger partial charge in [0.05, 0.1) is 18.3 Å². The molecule has 2 aromatic rings. The number of aromatic nitrogens is 2. The van der Waals surface area contributed by atoms with Crippen LogP contribution in [0.5, 0.6) is 5.75 Å². The zero-order chi connectivity index (χ0) is 16.2. The maximum atomic E-state index is 12.2. The summed E-state index contributed by atoms with van der Waals surface area (Å²) in [7, 11) is 1.84. The Hall–Kier alpha value is -2.34. The van der Waals surface area contributed by atoms with Gasteiger partial charge in [-0.2, -0.15) is 5.10 Å². The first kappa shape index (κ1) is 15.6. The second-order valence-electron chi connectivity index (χ2n) is 5.98. The van der Waals surface area contributed by atoms with Gasteiger partial charge in [0.25, 0.3) is 5.91 Å². The van der Waals surface area contributed by atoms with Crippen molar-refractivity contribution in [2.75, 3.05) is 6.61 Å². The lowest BCUT2D eigenvalue weighted by Crippen LogP contribution is -2.42. The Labute approximate surface area is 135 Å². The number of nitrogens with one attached hydrogen (secondary N) is 1. The molecule has 1 amide bonds. The number of rotatable bonds is 6. The Morgan fingerprint density at radius 3 is 2.78 bits per heavy atom. The van der Waals surface area contributed by atoms with Crippen LogP contribution in [0.1, 0.15) is 24.4 Å². The van der Waals surface area contributed by atoms with E-state index in [2.05, 4.69) is 10.4 Å². The van der Waals surface area contributed by atoms with Crippen LogP contribution in [0.2, 0.25) is 0 Å². The average molecular weight is 315 g/mol. The van der Waals surface area contributed by atoms with Gasteiger partial charge in [-0.25, -0.2) is 0 Å². The number of aliphatic hydroxyl groups excluding tert-OH is 1. The van der Waals surface area contributed by atoms with E-state index >= 15 is 0 Å². The van der Waals surface area contributed by atoms with Gasteiger partial charge in [-0.1, -0.05) is 18.2 Å². The number of carbonyl (C=O) groups is 1. The first-order valence-corrected chi connectivity index (χ1v) is 7.75. The number of hydrogen-bond donors (Lipinski definition) is 2. The molecular formula is C17H21N3O3. The number of aliphatic hydroxyl groups is 1. The van der Waals surface area contributed by atoms with E-state index in [4.69, 9.17) is 4.74 Å². The minimum Gasteiger partial charge on any atom is -0.484 e. The molecular weight excluding hydrogens is 294 g/mol. The monoisotopic (exact) mass is 315 g/mol. The molecule has 6 heteroatoms. The van der Waals surface area contributed by atoms with Gasteiger partial charge in [0, 0.05) is 18.8 Å². The zero-order valence-corrected chi connectivity index (χ0v) is 13.1. The number of amides is 1. The standard InChI is InChI=1S/C17H21N3O3/c1-20-10-13(9-18-20)17(12-7-14(21)8-12)19-16(22)11-23-15-5-3-2-4-6-15/h2-6,9-10,12,14,17,21H,7-8,11H2,1H3,(H,19,22)/t12?,14?,17-/m1/s1. The van der Waals surface area contributed by atoms with E-state index in [0.29, 0.717) is 18.6 Å². The van der Waals surface area contributed by atoms with E-state index in [0.717, 1.165) is 5.56 Å². The van der Waals surface area contributed by atoms with Gasteiger partial charge in [-0.05, 0) is 30.9 Å². The van der Waals surface area contributed by atoms with Gasteiger partial charge < -0.3 is 15.2 Å². The SMILES string of the molecule is Cn1cc([C@H](NC(=O)COc2ccccc2)C2CC(O)C2)cn1. The molecule has 0 radical (unpaired) electrons. The Bertz CT molecular complexity index is 650. The number of para-hydroxylation sites is 1. The Morgan fingerprint density at radius 1 is 1.43 bits per heavy atom. The highest BCUT2D eigenvalue weighted by molar-refractivity contribution is 5.78. The second-order valence-corrected chi connectivity index (χ2v) is 5.98. The van der Waals surface area contributed by atoms with Crippen molar-refractivity contribution in [3.63, 3.8) is 0 Å². The van der Waals surface area contributed by atoms with Gasteiger partial charge in [0.2, 0.25) is 0 Å². The molecule has 1 aliphatic carbocycles. The van der Waals surface area contributed by atoms with E-state index in [9.17, 15) is 9.90 Å². The van der Waals surface area contributed by atoms with E-state index < -0.39 is 0 Å². The first-order chi connectivity index (χ1) is 11.1. The summed E-state index contributed by atoms with van der Waals surface area (Å²) in [5.41, 5.74) is 0.956. The molecule has 0 saturated heterocycles. The summed E-state index contributed by atoms with van der Waals surface area (Å²) >= 11 is 0. The molecule has 1 saturated carbocycles. The summed E-state index contributed by atoms with van der Waals surface area (Å²) < 4.78 is 7.19. The fourth-order valence-electron chi connectivity index (χ4n) is 2.86. The molecule has 23 heavy (non-hydrogen) atoms. The third-order valence-corrected chi connectivity index (χ3v) is 4.13. The highest BCUT2D eigenvalue weighted by Crippen LogP contribution is 2.37. The van der Waals surface area contributed by atoms with Crippen molar-refractivity contribution in [2.45, 2.75) is 25.0 Å². The lowest BCUT2D eigenvalue weighted by Gasteiger charge is -2.37. The van der Waals surface area contributed by atoms with Crippen LogP contribution in [0.3, 0.4) is 0 Å². The minimum absolute atomic E-state index is 0.0317. The number of benzene rings is 1. The Morgan fingerprint density at radius 2 is 2.17 bits per heavy atom. The molecule has 1 atom stereocenters. The third-order valence-electron chi connectivity index (χ3n) is 4.13. The second kappa shape index (κ2) is 6.83. The first-order valence-electron chi connectivity index (χ1n) is 7.75. The molecule has 3 rings (SSSR count). The van der Waals surface area contributed by atoms with Crippen molar-refractivity contribution < 1.29 is 14.6 Å². The topological polar surface area (TPSA) is 76.4 Å². The van der Waals surface area contributed by atoms with Crippen LogP contribution in [0.25, 0.3) is 0 Å². The summed E-state index contributed by atoms with van der Waals surface area (Å²) in [6.45, 7) is -0.0317. The maximum absolute atomic E-state index is 12.2. The third kappa shape index (κ3) is 3.90. The molecule has 0 unspecified atom stereocenters. The van der Waals surface area contributed by atoms with Gasteiger partial charge in [-0.15, -0.1) is 0 Å². The molecule has 1 fully saturated rings. The number of carbonyl (C=O) groups excluding carboxylic acids is 1. The van der Waals surface area contributed by atoms with E-state index in [-0.39, 0.29) is 30.6 Å². The predicted octanol–water partition coefficient (Wildman–Crippen LogP) is 1.43. The predicted molar refractivity (Wildman–Crippen MR) is 84.8 cm³/mol. The van der Waals surface area contributed by atoms with Crippen LogP contribution < -0.4 is 10.1 Å². The largest absolute Gasteiger partial charge is 0.484 e. The maximum Gasteiger partial charge on any atom is 0.258 e. The molecule has 2 N–H and O–H groups in total. The fraction of sp³-hybridized carbons (Fsp3) is 0.412. The quantitative estimate of drug-likeness (QED) is 0.845. The van der Waals surface area contributed by atoms with Crippen molar-refractivity contribution >= 4 is 5.91 Å². The van der Waals surface area contributed by atoms with Gasteiger partial charge in [0.1, 0.15) is 5.75 Å². The Kier molecular flexibility index (Phi) is 4.62. The summed E-state index contributed by atoms with van der Waals surface area (Å²) in [6, 6.07) is 9.11. The van der Waals surface area contributed by atoms with Crippen LogP contribution in [-0.4, -0.2) is 33.5 Å². The fourth-order valence-corrected chi connectivity index (χ4v) is 2.86. The molecule has 0 aliphatic heterocycles. The number of aryl methyl sites for hydroxylation is 1. The van der Waals surface area contributed by atoms with Gasteiger partial charge in [-0.3, -0.25) is 9.48 Å². The highest BCUT2D eigenvalue weighted by atomic mass is 16.5. The zero-order valence-electron chi connectivity index (χ0n) is 13.1. The van der Waals surface area contributed by atoms with Gasteiger partial charge >= 0.3 is 0 Å². The summed E-state index contributed by atoms with van der Waals surface area (Å²) in [5.74, 6) is 0.721. The van der Waals surface area contributed by atoms with Gasteiger partial charge in [0.15, 0.2) is 6.61 Å². The summed E-state index contributed by atoms with van der Waals surface area (Å²) in [5, 5.41) is 16.7. The van der Waals surface area contributed by atoms with Crippen LogP contribution in [0.15, 0.2) is 42.7 Å². The molecule has 1 heterocycles. The molecule has 0 bridgehead atoms. The van der Waals surface area contributed by atoms with Crippen LogP contribution in [-0.2, 0) is 11.8 Å². The van der Waals surface area contributed by atoms with Crippen LogP contribution in [0.4, 0.5) is 0 Å². The average Bonchev–Trinajstić information content (AvgIpc) is 2.95. The highest BCUT2D eigenvalue weighted by Gasteiger charge is 2.36. The summed E-state index contributed by atoms with van der Waals surface area (Å²) in [4.78, 5) is 12.2. The Balaban J connectivity index is 1.60. The normalized spacial score (nSPS) is 21.3. The lowest BCUT2D eigenvalue weighted by molar-refractivity contribution is -0.125. The molecule has 1 aliphatic rings. The van der Waals surface area contributed by atoms with Crippen LogP contribution >= 0.6 is 0 Å². The minimum atomic E-state index is -0.267. The number of hydrogen-bond acceptors (Lipinski definition) is 4. The molecule has 122 valence electrons. The smallest absolute Gasteiger partial charge is 0.258 e. The van der Waals surface area contributed by atoms with E-state index in [1.165, 1.54) is 0 Å². The molecule has 1 aromatic carbocycles. The van der Waals surface area contributed by atoms with Crippen molar-refractivity contribution in [1.82, 2.24) is 15.1 Å². The van der Waals surface area contributed by atoms with Crippen molar-refractivity contribution in [1.29, 1.82) is 0 Å². The molecule has 6 nitrogen and oxygen atoms in total. The number of nitrogens with zero attached hydrogens (tertiary/aromatic N) is 2. The number of ether oxygens (including phenoxy) is 1. The lowest BCUT2D eigenvalue weighted by atomic mass is 9.75. The molecule has 1 aromatic heterocycles. The molecule has 0 spiro atoms. The van der Waals surface area contributed by atoms with Crippen molar-refractivity contribution in [2.24, 2.45) is 13.0 Å². The van der Waals surface area contributed by atoms with Crippen molar-refractivity contribution in [3.05, 3.63) is 48.3 Å². The van der Waals surface area contributed by atoms with E-state index in [1.807, 2.05) is 43.6 Å². The van der Waals surface area contributed by atoms with Crippen LogP contribution in [0, 0.1) is 5.92 Å².